The van der Waals surface area contributed by atoms with Crippen LogP contribution in [-0.4, -0.2) is 40.0 Å². The molecule has 184 valence electrons. The second-order valence-corrected chi connectivity index (χ2v) is 9.71. The van der Waals surface area contributed by atoms with E-state index in [0.29, 0.717) is 28.3 Å². The first-order valence-electron chi connectivity index (χ1n) is 11.8. The Balaban J connectivity index is 1.43. The normalized spacial score (nSPS) is 10.9. The summed E-state index contributed by atoms with van der Waals surface area (Å²) in [5, 5.41) is 12.8. The SMILES string of the molecule is CCCN(CCC(=O)Nc1nnc(-c2ccc(Cl)cc2)s1)C(=O)C(c1ccccc1)c1ccccc1. The summed E-state index contributed by atoms with van der Waals surface area (Å²) in [7, 11) is 0. The Morgan fingerprint density at radius 1 is 0.889 bits per heavy atom. The Labute approximate surface area is 220 Å². The van der Waals surface area contributed by atoms with Crippen LogP contribution < -0.4 is 5.32 Å². The fourth-order valence-corrected chi connectivity index (χ4v) is 4.85. The standard InChI is InChI=1S/C28H27ClN4O2S/c1-2-18-33(27(35)25(20-9-5-3-6-10-20)21-11-7-4-8-12-21)19-17-24(34)30-28-32-31-26(36-28)22-13-15-23(29)16-14-22/h3-16,25H,2,17-19H2,1H3,(H,30,32,34). The van der Waals surface area contributed by atoms with E-state index in [1.54, 1.807) is 17.0 Å². The number of aromatic nitrogens is 2. The summed E-state index contributed by atoms with van der Waals surface area (Å²) in [4.78, 5) is 28.3. The minimum atomic E-state index is -0.424. The minimum Gasteiger partial charge on any atom is -0.341 e. The van der Waals surface area contributed by atoms with Crippen LogP contribution in [0.5, 0.6) is 0 Å². The number of anilines is 1. The van der Waals surface area contributed by atoms with Crippen molar-refractivity contribution in [3.05, 3.63) is 101 Å². The zero-order chi connectivity index (χ0) is 25.3. The summed E-state index contributed by atoms with van der Waals surface area (Å²) in [5.74, 6) is -0.645. The molecule has 2 amide bonds. The van der Waals surface area contributed by atoms with E-state index >= 15 is 0 Å². The number of halogens is 1. The van der Waals surface area contributed by atoms with Gasteiger partial charge in [0.1, 0.15) is 5.01 Å². The number of carbonyl (C=O) groups is 2. The second kappa shape index (κ2) is 12.4. The molecule has 0 aliphatic rings. The van der Waals surface area contributed by atoms with E-state index in [4.69, 9.17) is 11.6 Å². The van der Waals surface area contributed by atoms with Crippen LogP contribution >= 0.6 is 22.9 Å². The molecule has 0 unspecified atom stereocenters. The predicted octanol–water partition coefficient (Wildman–Crippen LogP) is 6.26. The molecule has 1 heterocycles. The molecule has 0 saturated carbocycles. The molecule has 0 bridgehead atoms. The number of hydrogen-bond acceptors (Lipinski definition) is 5. The number of benzene rings is 3. The third-order valence-corrected chi connectivity index (χ3v) is 6.83. The van der Waals surface area contributed by atoms with Gasteiger partial charge in [-0.25, -0.2) is 0 Å². The molecule has 6 nitrogen and oxygen atoms in total. The van der Waals surface area contributed by atoms with Crippen molar-refractivity contribution >= 4 is 39.9 Å². The fraction of sp³-hybridized carbons (Fsp3) is 0.214. The van der Waals surface area contributed by atoms with Crippen LogP contribution in [0.2, 0.25) is 5.02 Å². The number of carbonyl (C=O) groups excluding carboxylic acids is 2. The second-order valence-electron chi connectivity index (χ2n) is 8.30. The van der Waals surface area contributed by atoms with Gasteiger partial charge >= 0.3 is 0 Å². The number of hydrogen-bond donors (Lipinski definition) is 1. The largest absolute Gasteiger partial charge is 0.341 e. The zero-order valence-corrected chi connectivity index (χ0v) is 21.5. The molecule has 0 atom stereocenters. The van der Waals surface area contributed by atoms with Crippen LogP contribution in [0.25, 0.3) is 10.6 Å². The first-order chi connectivity index (χ1) is 17.5. The number of amides is 2. The van der Waals surface area contributed by atoms with Crippen molar-refractivity contribution in [2.24, 2.45) is 0 Å². The van der Waals surface area contributed by atoms with Crippen molar-refractivity contribution < 1.29 is 9.59 Å². The zero-order valence-electron chi connectivity index (χ0n) is 19.9. The average Bonchev–Trinajstić information content (AvgIpc) is 3.36. The molecule has 36 heavy (non-hydrogen) atoms. The third-order valence-electron chi connectivity index (χ3n) is 5.69. The summed E-state index contributed by atoms with van der Waals surface area (Å²) < 4.78 is 0. The Kier molecular flexibility index (Phi) is 8.81. The summed E-state index contributed by atoms with van der Waals surface area (Å²) in [6, 6.07) is 26.8. The van der Waals surface area contributed by atoms with E-state index in [1.165, 1.54) is 11.3 Å². The van der Waals surface area contributed by atoms with E-state index in [2.05, 4.69) is 15.5 Å². The van der Waals surface area contributed by atoms with E-state index < -0.39 is 5.92 Å². The summed E-state index contributed by atoms with van der Waals surface area (Å²) in [6.45, 7) is 2.92. The molecule has 0 saturated heterocycles. The maximum absolute atomic E-state index is 13.8. The van der Waals surface area contributed by atoms with Gasteiger partial charge in [-0.3, -0.25) is 9.59 Å². The van der Waals surface area contributed by atoms with Crippen LogP contribution in [0.4, 0.5) is 5.13 Å². The Morgan fingerprint density at radius 2 is 1.50 bits per heavy atom. The molecule has 4 aromatic rings. The molecule has 0 radical (unpaired) electrons. The van der Waals surface area contributed by atoms with Gasteiger partial charge in [0.2, 0.25) is 16.9 Å². The fourth-order valence-electron chi connectivity index (χ4n) is 3.95. The van der Waals surface area contributed by atoms with Crippen molar-refractivity contribution in [3.63, 3.8) is 0 Å². The highest BCUT2D eigenvalue weighted by atomic mass is 35.5. The van der Waals surface area contributed by atoms with Gasteiger partial charge in [-0.1, -0.05) is 103 Å². The van der Waals surface area contributed by atoms with Gasteiger partial charge in [0.05, 0.1) is 5.92 Å². The molecular weight excluding hydrogens is 492 g/mol. The molecule has 0 aliphatic heterocycles. The van der Waals surface area contributed by atoms with Crippen LogP contribution in [-0.2, 0) is 9.59 Å². The molecular formula is C28H27ClN4O2S. The molecule has 0 spiro atoms. The van der Waals surface area contributed by atoms with Crippen LogP contribution in [0.1, 0.15) is 36.8 Å². The van der Waals surface area contributed by atoms with Gasteiger partial charge in [-0.2, -0.15) is 0 Å². The molecule has 3 aromatic carbocycles. The average molecular weight is 519 g/mol. The lowest BCUT2D eigenvalue weighted by Crippen LogP contribution is -2.38. The van der Waals surface area contributed by atoms with Crippen molar-refractivity contribution in [1.82, 2.24) is 15.1 Å². The van der Waals surface area contributed by atoms with E-state index in [0.717, 1.165) is 23.1 Å². The van der Waals surface area contributed by atoms with Gasteiger partial charge in [0.25, 0.3) is 0 Å². The van der Waals surface area contributed by atoms with E-state index in [9.17, 15) is 9.59 Å². The Hall–Kier alpha value is -3.55. The first kappa shape index (κ1) is 25.5. The topological polar surface area (TPSA) is 75.2 Å². The number of rotatable bonds is 10. The quantitative estimate of drug-likeness (QED) is 0.269. The molecule has 4 rings (SSSR count). The summed E-state index contributed by atoms with van der Waals surface area (Å²) in [6.07, 6.45) is 0.961. The molecule has 1 N–H and O–H groups in total. The highest BCUT2D eigenvalue weighted by Gasteiger charge is 2.27. The van der Waals surface area contributed by atoms with Crippen molar-refractivity contribution in [1.29, 1.82) is 0 Å². The maximum Gasteiger partial charge on any atom is 0.234 e. The van der Waals surface area contributed by atoms with E-state index in [1.807, 2.05) is 79.7 Å². The molecule has 8 heteroatoms. The molecule has 0 aliphatic carbocycles. The van der Waals surface area contributed by atoms with Crippen LogP contribution in [0, 0.1) is 0 Å². The van der Waals surface area contributed by atoms with Crippen molar-refractivity contribution in [2.45, 2.75) is 25.7 Å². The number of nitrogens with zero attached hydrogens (tertiary/aromatic N) is 3. The lowest BCUT2D eigenvalue weighted by Gasteiger charge is -2.27. The first-order valence-corrected chi connectivity index (χ1v) is 13.0. The smallest absolute Gasteiger partial charge is 0.234 e. The summed E-state index contributed by atoms with van der Waals surface area (Å²) in [5.41, 5.74) is 2.75. The van der Waals surface area contributed by atoms with Crippen molar-refractivity contribution in [3.8, 4) is 10.6 Å². The van der Waals surface area contributed by atoms with Gasteiger partial charge < -0.3 is 10.2 Å². The predicted molar refractivity (Wildman–Crippen MR) is 145 cm³/mol. The van der Waals surface area contributed by atoms with E-state index in [-0.39, 0.29) is 18.2 Å². The number of nitrogens with one attached hydrogen (secondary N) is 1. The highest BCUT2D eigenvalue weighted by molar-refractivity contribution is 7.18. The monoisotopic (exact) mass is 518 g/mol. The van der Waals surface area contributed by atoms with Gasteiger partial charge in [0.15, 0.2) is 0 Å². The minimum absolute atomic E-state index is 0.0111. The Morgan fingerprint density at radius 3 is 2.08 bits per heavy atom. The third kappa shape index (κ3) is 6.56. The van der Waals surface area contributed by atoms with Gasteiger partial charge in [0, 0.05) is 30.1 Å². The lowest BCUT2D eigenvalue weighted by atomic mass is 9.90. The highest BCUT2D eigenvalue weighted by Crippen LogP contribution is 2.28. The van der Waals surface area contributed by atoms with Crippen LogP contribution in [0.3, 0.4) is 0 Å². The molecule has 0 fully saturated rings. The summed E-state index contributed by atoms with van der Waals surface area (Å²) >= 11 is 7.24. The van der Waals surface area contributed by atoms with Gasteiger partial charge in [-0.15, -0.1) is 10.2 Å². The molecule has 1 aromatic heterocycles. The maximum atomic E-state index is 13.8. The van der Waals surface area contributed by atoms with Crippen molar-refractivity contribution in [2.75, 3.05) is 18.4 Å². The van der Waals surface area contributed by atoms with Gasteiger partial charge in [-0.05, 0) is 29.7 Å². The lowest BCUT2D eigenvalue weighted by molar-refractivity contribution is -0.132. The Bertz CT molecular complexity index is 1240. The van der Waals surface area contributed by atoms with Crippen LogP contribution in [0.15, 0.2) is 84.9 Å².